The van der Waals surface area contributed by atoms with Gasteiger partial charge in [-0.1, -0.05) is 223 Å². The van der Waals surface area contributed by atoms with E-state index in [0.717, 1.165) is 0 Å². The molecule has 0 aliphatic heterocycles. The molecule has 0 nitrogen and oxygen atoms in total. The molecule has 0 aromatic heterocycles. The lowest BCUT2D eigenvalue weighted by molar-refractivity contribution is 0.568. The molecule has 68 heavy (non-hydrogen) atoms. The van der Waals surface area contributed by atoms with Gasteiger partial charge in [-0.05, 0) is 184 Å². The van der Waals surface area contributed by atoms with Crippen molar-refractivity contribution >= 4 is 43.1 Å². The lowest BCUT2D eigenvalue weighted by atomic mass is 9.78. The molecule has 0 saturated heterocycles. The Balaban J connectivity index is 1.27. The SMILES string of the molecule is CC(C)(C)c1cc(-c2cccc(-c3c4c(c(-c5cccc(-c6cc(C(C)(C)C)cc(C(C)(C)C)c6)c5)c5cc6ccccc6cc35)-c3cc5ccccc5c5cccc-4c35)c2)cc(C(C)(C)C)c1. The highest BCUT2D eigenvalue weighted by atomic mass is 14.3. The average Bonchev–Trinajstić information content (AvgIpc) is 3.62. The molecule has 1 aliphatic rings. The van der Waals surface area contributed by atoms with Crippen LogP contribution in [0.25, 0.3) is 110 Å². The monoisotopic (exact) mass is 881 g/mol. The molecule has 336 valence electrons. The predicted octanol–water partition coefficient (Wildman–Crippen LogP) is 19.8. The van der Waals surface area contributed by atoms with E-state index in [1.54, 1.807) is 0 Å². The minimum absolute atomic E-state index is 0.0103. The molecule has 0 atom stereocenters. The molecule has 1 aliphatic carbocycles. The molecule has 0 unspecified atom stereocenters. The van der Waals surface area contributed by atoms with E-state index in [-0.39, 0.29) is 21.7 Å². The molecular formula is C68H64. The quantitative estimate of drug-likeness (QED) is 0.122. The van der Waals surface area contributed by atoms with Crippen LogP contribution in [0.15, 0.2) is 170 Å². The molecule has 11 rings (SSSR count). The molecule has 0 amide bonds. The molecule has 0 heterocycles. The maximum absolute atomic E-state index is 2.49. The van der Waals surface area contributed by atoms with Crippen molar-refractivity contribution in [1.82, 2.24) is 0 Å². The highest BCUT2D eigenvalue weighted by Gasteiger charge is 2.32. The fourth-order valence-corrected chi connectivity index (χ4v) is 10.9. The molecular weight excluding hydrogens is 817 g/mol. The van der Waals surface area contributed by atoms with Crippen LogP contribution in [0.1, 0.15) is 105 Å². The Morgan fingerprint density at radius 2 is 0.618 bits per heavy atom. The summed E-state index contributed by atoms with van der Waals surface area (Å²) in [6, 6.07) is 65.9. The van der Waals surface area contributed by atoms with E-state index in [1.165, 1.54) is 132 Å². The van der Waals surface area contributed by atoms with Crippen molar-refractivity contribution in [3.05, 3.63) is 192 Å². The second kappa shape index (κ2) is 15.4. The first-order valence-corrected chi connectivity index (χ1v) is 24.7. The maximum atomic E-state index is 2.49. The minimum atomic E-state index is 0.0103. The van der Waals surface area contributed by atoms with Gasteiger partial charge < -0.3 is 0 Å². The van der Waals surface area contributed by atoms with Gasteiger partial charge in [-0.15, -0.1) is 0 Å². The average molecular weight is 881 g/mol. The summed E-state index contributed by atoms with van der Waals surface area (Å²) in [6.45, 7) is 28.0. The first-order valence-electron chi connectivity index (χ1n) is 24.7. The zero-order valence-electron chi connectivity index (χ0n) is 42.2. The van der Waals surface area contributed by atoms with Crippen molar-refractivity contribution < 1.29 is 0 Å². The van der Waals surface area contributed by atoms with Crippen molar-refractivity contribution in [2.24, 2.45) is 0 Å². The Bertz CT molecular complexity index is 3630. The van der Waals surface area contributed by atoms with Crippen LogP contribution in [-0.2, 0) is 21.7 Å². The number of fused-ring (bicyclic) bond motifs is 7. The summed E-state index contributed by atoms with van der Waals surface area (Å²) in [5, 5.41) is 10.3. The molecule has 0 fully saturated rings. The van der Waals surface area contributed by atoms with Crippen molar-refractivity contribution in [2.45, 2.75) is 105 Å². The van der Waals surface area contributed by atoms with Crippen LogP contribution in [0.3, 0.4) is 0 Å². The van der Waals surface area contributed by atoms with Gasteiger partial charge in [-0.3, -0.25) is 0 Å². The van der Waals surface area contributed by atoms with Crippen molar-refractivity contribution in [3.63, 3.8) is 0 Å². The molecule has 0 N–H and O–H groups in total. The topological polar surface area (TPSA) is 0 Å². The molecule has 0 saturated carbocycles. The number of hydrogen-bond donors (Lipinski definition) is 0. The van der Waals surface area contributed by atoms with Crippen LogP contribution in [0, 0.1) is 0 Å². The summed E-state index contributed by atoms with van der Waals surface area (Å²) in [7, 11) is 0. The number of rotatable bonds is 4. The lowest BCUT2D eigenvalue weighted by Crippen LogP contribution is -2.16. The van der Waals surface area contributed by atoms with Gasteiger partial charge in [0.2, 0.25) is 0 Å². The lowest BCUT2D eigenvalue weighted by Gasteiger charge is -2.26. The number of hydrogen-bond acceptors (Lipinski definition) is 0. The van der Waals surface area contributed by atoms with Crippen LogP contribution >= 0.6 is 0 Å². The van der Waals surface area contributed by atoms with E-state index in [0.29, 0.717) is 0 Å². The molecule has 0 bridgehead atoms. The summed E-state index contributed by atoms with van der Waals surface area (Å²) in [4.78, 5) is 0. The summed E-state index contributed by atoms with van der Waals surface area (Å²) in [6.07, 6.45) is 0. The maximum Gasteiger partial charge on any atom is -0.000719 e. The largest absolute Gasteiger partial charge is 0.0616 e. The van der Waals surface area contributed by atoms with Crippen LogP contribution in [0.2, 0.25) is 0 Å². The van der Waals surface area contributed by atoms with E-state index in [9.17, 15) is 0 Å². The summed E-state index contributed by atoms with van der Waals surface area (Å²) in [5.41, 5.74) is 20.9. The Hall–Kier alpha value is -6.76. The van der Waals surface area contributed by atoms with Gasteiger partial charge >= 0.3 is 0 Å². The van der Waals surface area contributed by atoms with E-state index >= 15 is 0 Å². The summed E-state index contributed by atoms with van der Waals surface area (Å²) in [5.74, 6) is 0. The van der Waals surface area contributed by atoms with Gasteiger partial charge in [-0.25, -0.2) is 0 Å². The van der Waals surface area contributed by atoms with E-state index < -0.39 is 0 Å². The first-order chi connectivity index (χ1) is 32.2. The smallest absolute Gasteiger partial charge is 0.000719 e. The predicted molar refractivity (Wildman–Crippen MR) is 297 cm³/mol. The highest BCUT2D eigenvalue weighted by molar-refractivity contribution is 6.31. The molecule has 10 aromatic rings. The summed E-state index contributed by atoms with van der Waals surface area (Å²) < 4.78 is 0. The minimum Gasteiger partial charge on any atom is -0.0616 e. The van der Waals surface area contributed by atoms with E-state index in [4.69, 9.17) is 0 Å². The second-order valence-electron chi connectivity index (χ2n) is 23.9. The zero-order valence-corrected chi connectivity index (χ0v) is 42.2. The third-order valence-corrected chi connectivity index (χ3v) is 14.9. The standard InChI is InChI=1S/C68H64/c1-65(2,3)50-32-48(33-51(39-50)66(4,5)6)41-23-17-25-46(30-41)60-57-36-43-20-13-14-21-44(43)37-58(57)61(64-59-38-45-22-15-16-27-54(45)55-28-19-29-56(62(55)59)63(60)64)47-26-18-24-42(31-47)49-34-52(67(7,8)9)40-53(35-49)68(10,11)12/h13-40H,1-12H3. The second-order valence-corrected chi connectivity index (χ2v) is 23.9. The fraction of sp³-hybridized carbons (Fsp3) is 0.235. The van der Waals surface area contributed by atoms with Gasteiger partial charge in [0.25, 0.3) is 0 Å². The van der Waals surface area contributed by atoms with E-state index in [2.05, 4.69) is 253 Å². The summed E-state index contributed by atoms with van der Waals surface area (Å²) >= 11 is 0. The Morgan fingerprint density at radius 3 is 1.07 bits per heavy atom. The Labute approximate surface area is 404 Å². The molecule has 0 heteroatoms. The van der Waals surface area contributed by atoms with Gasteiger partial charge in [-0.2, -0.15) is 0 Å². The molecule has 0 spiro atoms. The number of benzene rings is 10. The molecule has 0 radical (unpaired) electrons. The van der Waals surface area contributed by atoms with Crippen LogP contribution < -0.4 is 0 Å². The van der Waals surface area contributed by atoms with Crippen molar-refractivity contribution in [2.75, 3.05) is 0 Å². The van der Waals surface area contributed by atoms with Crippen LogP contribution in [0.4, 0.5) is 0 Å². The van der Waals surface area contributed by atoms with Gasteiger partial charge in [0.15, 0.2) is 0 Å². The van der Waals surface area contributed by atoms with Crippen LogP contribution in [-0.4, -0.2) is 0 Å². The third kappa shape index (κ3) is 7.36. The van der Waals surface area contributed by atoms with Crippen molar-refractivity contribution in [1.29, 1.82) is 0 Å². The normalized spacial score (nSPS) is 13.0. The van der Waals surface area contributed by atoms with Gasteiger partial charge in [0.05, 0.1) is 0 Å². The third-order valence-electron chi connectivity index (χ3n) is 14.9. The van der Waals surface area contributed by atoms with E-state index in [1.807, 2.05) is 0 Å². The fourth-order valence-electron chi connectivity index (χ4n) is 10.9. The zero-order chi connectivity index (χ0) is 47.7. The molecule has 10 aromatic carbocycles. The van der Waals surface area contributed by atoms with Gasteiger partial charge in [0, 0.05) is 0 Å². The van der Waals surface area contributed by atoms with Gasteiger partial charge in [0.1, 0.15) is 0 Å². The van der Waals surface area contributed by atoms with Crippen molar-refractivity contribution in [3.8, 4) is 66.8 Å². The Morgan fingerprint density at radius 1 is 0.235 bits per heavy atom. The Kier molecular flexibility index (Phi) is 9.90. The first kappa shape index (κ1) is 43.8. The van der Waals surface area contributed by atoms with Crippen LogP contribution in [0.5, 0.6) is 0 Å². The highest BCUT2D eigenvalue weighted by Crippen LogP contribution is 2.59.